The van der Waals surface area contributed by atoms with E-state index in [-0.39, 0.29) is 18.8 Å². The van der Waals surface area contributed by atoms with Gasteiger partial charge in [0.2, 0.25) is 0 Å². The summed E-state index contributed by atoms with van der Waals surface area (Å²) in [5.74, 6) is -0.0911. The minimum atomic E-state index is -0.811. The lowest BCUT2D eigenvalue weighted by molar-refractivity contribution is -0.0427. The maximum absolute atomic E-state index is 12.7. The van der Waals surface area contributed by atoms with Crippen LogP contribution < -0.4 is 11.2 Å². The average Bonchev–Trinajstić information content (AvgIpc) is 2.93. The molecule has 26 heavy (non-hydrogen) atoms. The van der Waals surface area contributed by atoms with Gasteiger partial charge in [-0.1, -0.05) is 44.2 Å². The Labute approximate surface area is 151 Å². The van der Waals surface area contributed by atoms with Gasteiger partial charge in [0.1, 0.15) is 12.8 Å². The molecule has 7 heteroatoms. The summed E-state index contributed by atoms with van der Waals surface area (Å²) in [5, 5.41) is 10.4. The molecule has 0 radical (unpaired) electrons. The summed E-state index contributed by atoms with van der Waals surface area (Å²) in [6.45, 7) is 3.99. The molecule has 1 aliphatic rings. The van der Waals surface area contributed by atoms with Crippen molar-refractivity contribution >= 4 is 0 Å². The molecule has 0 aliphatic carbocycles. The summed E-state index contributed by atoms with van der Waals surface area (Å²) in [6, 6.07) is 10.8. The van der Waals surface area contributed by atoms with Crippen LogP contribution in [0.5, 0.6) is 0 Å². The van der Waals surface area contributed by atoms with E-state index >= 15 is 0 Å². The van der Waals surface area contributed by atoms with E-state index in [1.807, 2.05) is 44.2 Å². The van der Waals surface area contributed by atoms with Crippen molar-refractivity contribution < 1.29 is 14.6 Å². The fourth-order valence-corrected chi connectivity index (χ4v) is 3.23. The number of benzene rings is 1. The molecule has 140 valence electrons. The van der Waals surface area contributed by atoms with Crippen molar-refractivity contribution in [3.8, 4) is 0 Å². The zero-order valence-electron chi connectivity index (χ0n) is 14.9. The summed E-state index contributed by atoms with van der Waals surface area (Å²) >= 11 is 0. The monoisotopic (exact) mass is 360 g/mol. The average molecular weight is 360 g/mol. The van der Waals surface area contributed by atoms with Gasteiger partial charge in [-0.3, -0.25) is 9.36 Å². The van der Waals surface area contributed by atoms with Gasteiger partial charge in [0.25, 0.3) is 5.56 Å². The van der Waals surface area contributed by atoms with Crippen molar-refractivity contribution in [2.45, 2.75) is 52.0 Å². The van der Waals surface area contributed by atoms with E-state index in [0.717, 1.165) is 16.6 Å². The van der Waals surface area contributed by atoms with Gasteiger partial charge >= 0.3 is 5.69 Å². The molecule has 1 aliphatic heterocycles. The quantitative estimate of drug-likeness (QED) is 0.844. The molecule has 0 unspecified atom stereocenters. The largest absolute Gasteiger partial charge is 0.388 e. The number of nitrogens with zero attached hydrogens (tertiary/aromatic N) is 2. The molecule has 7 nitrogen and oxygen atoms in total. The SMILES string of the molecule is CC[C@@H]1O[C@@H](n2ccc(=O)n(COCc3ccccc3)c2=O)[C@@H](O)[C@H]1C. The Morgan fingerprint density at radius 1 is 1.19 bits per heavy atom. The van der Waals surface area contributed by atoms with Gasteiger partial charge in [-0.2, -0.15) is 0 Å². The fourth-order valence-electron chi connectivity index (χ4n) is 3.23. The summed E-state index contributed by atoms with van der Waals surface area (Å²) in [7, 11) is 0. The van der Waals surface area contributed by atoms with Crippen molar-refractivity contribution in [2.75, 3.05) is 0 Å². The van der Waals surface area contributed by atoms with E-state index in [0.29, 0.717) is 6.61 Å². The summed E-state index contributed by atoms with van der Waals surface area (Å²) in [5.41, 5.74) is -0.0589. The van der Waals surface area contributed by atoms with E-state index in [1.165, 1.54) is 16.8 Å². The smallest absolute Gasteiger partial charge is 0.335 e. The molecule has 0 bridgehead atoms. The lowest BCUT2D eigenvalue weighted by Crippen LogP contribution is -2.42. The first-order chi connectivity index (χ1) is 12.5. The number of hydrogen-bond donors (Lipinski definition) is 1. The minimum Gasteiger partial charge on any atom is -0.388 e. The van der Waals surface area contributed by atoms with Crippen LogP contribution in [0.3, 0.4) is 0 Å². The van der Waals surface area contributed by atoms with E-state index in [2.05, 4.69) is 0 Å². The zero-order chi connectivity index (χ0) is 18.7. The van der Waals surface area contributed by atoms with Crippen molar-refractivity contribution in [2.24, 2.45) is 5.92 Å². The van der Waals surface area contributed by atoms with E-state index < -0.39 is 23.6 Å². The van der Waals surface area contributed by atoms with Gasteiger partial charge in [-0.15, -0.1) is 0 Å². The topological polar surface area (TPSA) is 82.7 Å². The molecular formula is C19H24N2O5. The Morgan fingerprint density at radius 2 is 1.92 bits per heavy atom. The van der Waals surface area contributed by atoms with Gasteiger partial charge in [0, 0.05) is 18.2 Å². The summed E-state index contributed by atoms with van der Waals surface area (Å²) < 4.78 is 13.6. The highest BCUT2D eigenvalue weighted by Gasteiger charge is 2.41. The number of aliphatic hydroxyl groups is 1. The van der Waals surface area contributed by atoms with Crippen molar-refractivity contribution in [1.29, 1.82) is 0 Å². The number of hydrogen-bond acceptors (Lipinski definition) is 5. The Morgan fingerprint density at radius 3 is 2.58 bits per heavy atom. The molecule has 3 rings (SSSR count). The third-order valence-corrected chi connectivity index (χ3v) is 4.84. The van der Waals surface area contributed by atoms with Gasteiger partial charge in [-0.05, 0) is 12.0 Å². The highest BCUT2D eigenvalue weighted by Crippen LogP contribution is 2.34. The normalized spacial score (nSPS) is 25.5. The highest BCUT2D eigenvalue weighted by molar-refractivity contribution is 5.13. The third kappa shape index (κ3) is 3.65. The Kier molecular flexibility index (Phi) is 5.70. The molecule has 4 atom stereocenters. The fraction of sp³-hybridized carbons (Fsp3) is 0.474. The lowest BCUT2D eigenvalue weighted by Gasteiger charge is -2.19. The van der Waals surface area contributed by atoms with Gasteiger partial charge < -0.3 is 14.6 Å². The first-order valence-corrected chi connectivity index (χ1v) is 8.80. The van der Waals surface area contributed by atoms with Crippen LogP contribution >= 0.6 is 0 Å². The minimum absolute atomic E-state index is 0.0911. The number of aromatic nitrogens is 2. The van der Waals surface area contributed by atoms with Crippen LogP contribution in [0.15, 0.2) is 52.2 Å². The lowest BCUT2D eigenvalue weighted by atomic mass is 9.99. The molecule has 2 aromatic rings. The van der Waals surface area contributed by atoms with Gasteiger partial charge in [0.15, 0.2) is 6.23 Å². The predicted octanol–water partition coefficient (Wildman–Crippen LogP) is 1.49. The molecule has 2 heterocycles. The second-order valence-corrected chi connectivity index (χ2v) is 6.56. The third-order valence-electron chi connectivity index (χ3n) is 4.84. The van der Waals surface area contributed by atoms with E-state index in [4.69, 9.17) is 9.47 Å². The first kappa shape index (κ1) is 18.6. The van der Waals surface area contributed by atoms with Crippen molar-refractivity contribution in [3.05, 3.63) is 69.0 Å². The van der Waals surface area contributed by atoms with E-state index in [1.54, 1.807) is 0 Å². The zero-order valence-corrected chi connectivity index (χ0v) is 14.9. The van der Waals surface area contributed by atoms with Crippen LogP contribution in [0.25, 0.3) is 0 Å². The predicted molar refractivity (Wildman–Crippen MR) is 95.6 cm³/mol. The maximum atomic E-state index is 12.7. The highest BCUT2D eigenvalue weighted by atomic mass is 16.5. The number of ether oxygens (including phenoxy) is 2. The molecular weight excluding hydrogens is 336 g/mol. The second kappa shape index (κ2) is 7.99. The Hall–Kier alpha value is -2.22. The molecule has 1 N–H and O–H groups in total. The first-order valence-electron chi connectivity index (χ1n) is 8.80. The molecule has 0 amide bonds. The molecule has 0 saturated carbocycles. The van der Waals surface area contributed by atoms with Crippen LogP contribution in [-0.2, 0) is 22.8 Å². The van der Waals surface area contributed by atoms with E-state index in [9.17, 15) is 14.7 Å². The maximum Gasteiger partial charge on any atom is 0.335 e. The Balaban J connectivity index is 1.79. The summed E-state index contributed by atoms with van der Waals surface area (Å²) in [4.78, 5) is 24.8. The van der Waals surface area contributed by atoms with Crippen LogP contribution in [0.4, 0.5) is 0 Å². The number of rotatable bonds is 6. The van der Waals surface area contributed by atoms with Crippen LogP contribution in [-0.4, -0.2) is 26.4 Å². The Bertz CT molecular complexity index is 845. The number of aliphatic hydroxyl groups excluding tert-OH is 1. The standard InChI is InChI=1S/C19H24N2O5/c1-3-15-13(2)17(23)18(26-15)20-10-9-16(22)21(19(20)24)12-25-11-14-7-5-4-6-8-14/h4-10,13,15,17-18,23H,3,11-12H2,1-2H3/t13-,15-,17-,18+/m0/s1. The molecule has 0 spiro atoms. The van der Waals surface area contributed by atoms with Crippen LogP contribution in [0.1, 0.15) is 32.1 Å². The van der Waals surface area contributed by atoms with Gasteiger partial charge in [0.05, 0.1) is 12.7 Å². The molecule has 1 aromatic carbocycles. The van der Waals surface area contributed by atoms with Crippen LogP contribution in [0.2, 0.25) is 0 Å². The van der Waals surface area contributed by atoms with Gasteiger partial charge in [-0.25, -0.2) is 9.36 Å². The van der Waals surface area contributed by atoms with Crippen molar-refractivity contribution in [1.82, 2.24) is 9.13 Å². The van der Waals surface area contributed by atoms with Crippen molar-refractivity contribution in [3.63, 3.8) is 0 Å². The summed E-state index contributed by atoms with van der Waals surface area (Å²) in [6.07, 6.45) is 0.370. The molecule has 1 fully saturated rings. The molecule has 1 saturated heterocycles. The van der Waals surface area contributed by atoms with Crippen LogP contribution in [0, 0.1) is 5.92 Å². The molecule has 1 aromatic heterocycles. The second-order valence-electron chi connectivity index (χ2n) is 6.56.